The van der Waals surface area contributed by atoms with Gasteiger partial charge in [0, 0.05) is 32.5 Å². The van der Waals surface area contributed by atoms with E-state index in [2.05, 4.69) is 0 Å². The fraction of sp³-hybridized carbons (Fsp3) is 0.462. The van der Waals surface area contributed by atoms with Crippen LogP contribution >= 0.6 is 0 Å². The molecule has 3 heteroatoms. The number of likely N-dealkylation sites (tertiary alicyclic amines) is 1. The van der Waals surface area contributed by atoms with E-state index in [1.807, 2.05) is 23.1 Å². The first-order chi connectivity index (χ1) is 7.75. The lowest BCUT2D eigenvalue weighted by atomic mass is 10.1. The summed E-state index contributed by atoms with van der Waals surface area (Å²) in [7, 11) is 0. The lowest BCUT2D eigenvalue weighted by Crippen LogP contribution is -2.36. The number of carbonyl (C=O) groups is 1. The predicted octanol–water partition coefficient (Wildman–Crippen LogP) is 2.36. The van der Waals surface area contributed by atoms with Crippen LogP contribution in [0, 0.1) is 0 Å². The van der Waals surface area contributed by atoms with Crippen molar-refractivity contribution in [2.45, 2.75) is 19.0 Å². The number of halogens is 1. The highest BCUT2D eigenvalue weighted by molar-refractivity contribution is 5.79. The third kappa shape index (κ3) is 2.89. The Kier molecular flexibility index (Phi) is 3.67. The molecule has 1 aliphatic rings. The summed E-state index contributed by atoms with van der Waals surface area (Å²) in [5.74, 6) is 0.298. The normalized spacial score (nSPS) is 19.7. The van der Waals surface area contributed by atoms with Crippen molar-refractivity contribution in [3.63, 3.8) is 0 Å². The summed E-state index contributed by atoms with van der Waals surface area (Å²) in [5.41, 5.74) is 0.722. The molecule has 86 valence electrons. The molecule has 0 amide bonds. The number of carbonyl (C=O) groups excluding carboxylic acids is 1. The van der Waals surface area contributed by atoms with E-state index < -0.39 is 6.17 Å². The molecule has 2 nitrogen and oxygen atoms in total. The van der Waals surface area contributed by atoms with Gasteiger partial charge in [-0.1, -0.05) is 30.3 Å². The third-order valence-electron chi connectivity index (χ3n) is 2.99. The van der Waals surface area contributed by atoms with E-state index in [1.54, 1.807) is 12.1 Å². The highest BCUT2D eigenvalue weighted by Gasteiger charge is 2.20. The Morgan fingerprint density at radius 3 is 2.44 bits per heavy atom. The zero-order valence-corrected chi connectivity index (χ0v) is 9.23. The summed E-state index contributed by atoms with van der Waals surface area (Å²) in [6, 6.07) is 9.19. The number of hydrogen-bond acceptors (Lipinski definition) is 2. The van der Waals surface area contributed by atoms with Crippen LogP contribution in [0.15, 0.2) is 30.3 Å². The summed E-state index contributed by atoms with van der Waals surface area (Å²) in [4.78, 5) is 13.1. The Morgan fingerprint density at radius 2 is 1.81 bits per heavy atom. The Hall–Kier alpha value is -1.22. The van der Waals surface area contributed by atoms with E-state index in [4.69, 9.17) is 0 Å². The van der Waals surface area contributed by atoms with E-state index in [-0.39, 0.29) is 0 Å². The van der Waals surface area contributed by atoms with Crippen LogP contribution in [-0.4, -0.2) is 30.3 Å². The molecule has 0 N–H and O–H groups in total. The van der Waals surface area contributed by atoms with Gasteiger partial charge in [-0.2, -0.15) is 0 Å². The minimum atomic E-state index is -0.950. The van der Waals surface area contributed by atoms with E-state index in [0.29, 0.717) is 38.3 Å². The van der Waals surface area contributed by atoms with Gasteiger partial charge in [-0.15, -0.1) is 0 Å². The van der Waals surface area contributed by atoms with Gasteiger partial charge < -0.3 is 0 Å². The van der Waals surface area contributed by atoms with Gasteiger partial charge in [-0.3, -0.25) is 9.69 Å². The van der Waals surface area contributed by atoms with Gasteiger partial charge in [0.15, 0.2) is 0 Å². The molecule has 0 aliphatic carbocycles. The maximum atomic E-state index is 13.9. The zero-order valence-electron chi connectivity index (χ0n) is 9.23. The summed E-state index contributed by atoms with van der Waals surface area (Å²) in [5, 5.41) is 0. The molecule has 1 heterocycles. The molecular formula is C13H16FNO. The van der Waals surface area contributed by atoms with Crippen molar-refractivity contribution in [1.82, 2.24) is 4.90 Å². The highest BCUT2D eigenvalue weighted by Crippen LogP contribution is 2.19. The summed E-state index contributed by atoms with van der Waals surface area (Å²) in [6.45, 7) is 1.80. The van der Waals surface area contributed by atoms with Crippen molar-refractivity contribution >= 4 is 5.78 Å². The Labute approximate surface area is 95.1 Å². The molecule has 16 heavy (non-hydrogen) atoms. The number of hydrogen-bond donors (Lipinski definition) is 0. The van der Waals surface area contributed by atoms with Crippen LogP contribution in [-0.2, 0) is 4.79 Å². The topological polar surface area (TPSA) is 20.3 Å². The molecule has 1 saturated heterocycles. The van der Waals surface area contributed by atoms with Crippen LogP contribution in [0.1, 0.15) is 24.6 Å². The standard InChI is InChI=1S/C13H16FNO/c14-13(11-4-2-1-3-5-11)10-15-8-6-12(16)7-9-15/h1-5,13H,6-10H2. The van der Waals surface area contributed by atoms with Crippen molar-refractivity contribution in [2.75, 3.05) is 19.6 Å². The second kappa shape index (κ2) is 5.21. The molecule has 2 rings (SSSR count). The van der Waals surface area contributed by atoms with Gasteiger partial charge in [0.2, 0.25) is 0 Å². The van der Waals surface area contributed by atoms with Crippen molar-refractivity contribution in [2.24, 2.45) is 0 Å². The molecular weight excluding hydrogens is 205 g/mol. The van der Waals surface area contributed by atoms with Crippen LogP contribution in [0.3, 0.4) is 0 Å². The van der Waals surface area contributed by atoms with Crippen LogP contribution in [0.2, 0.25) is 0 Å². The molecule has 1 aromatic carbocycles. The number of benzene rings is 1. The second-order valence-electron chi connectivity index (χ2n) is 4.22. The smallest absolute Gasteiger partial charge is 0.138 e. The molecule has 0 bridgehead atoms. The summed E-state index contributed by atoms with van der Waals surface area (Å²) in [6.07, 6.45) is 0.192. The van der Waals surface area contributed by atoms with Gasteiger partial charge in [-0.25, -0.2) is 4.39 Å². The first-order valence-corrected chi connectivity index (χ1v) is 5.69. The fourth-order valence-corrected chi connectivity index (χ4v) is 1.98. The number of rotatable bonds is 3. The van der Waals surface area contributed by atoms with E-state index >= 15 is 0 Å². The van der Waals surface area contributed by atoms with Gasteiger partial charge in [0.25, 0.3) is 0 Å². The minimum Gasteiger partial charge on any atom is -0.300 e. The minimum absolute atomic E-state index is 0.298. The maximum absolute atomic E-state index is 13.9. The second-order valence-corrected chi connectivity index (χ2v) is 4.22. The number of Topliss-reactive ketones (excluding diaryl/α,β-unsaturated/α-hetero) is 1. The number of piperidine rings is 1. The average molecular weight is 221 g/mol. The molecule has 1 fully saturated rings. The molecule has 0 aromatic heterocycles. The zero-order chi connectivity index (χ0) is 11.4. The molecule has 0 saturated carbocycles. The maximum Gasteiger partial charge on any atom is 0.138 e. The van der Waals surface area contributed by atoms with Crippen molar-refractivity contribution in [3.8, 4) is 0 Å². The SMILES string of the molecule is O=C1CCN(CC(F)c2ccccc2)CC1. The van der Waals surface area contributed by atoms with Gasteiger partial charge in [0.1, 0.15) is 12.0 Å². The molecule has 0 radical (unpaired) electrons. The molecule has 1 unspecified atom stereocenters. The molecule has 1 aromatic rings. The summed E-state index contributed by atoms with van der Waals surface area (Å²) < 4.78 is 13.9. The Balaban J connectivity index is 1.88. The van der Waals surface area contributed by atoms with E-state index in [1.165, 1.54) is 0 Å². The molecule has 1 aliphatic heterocycles. The van der Waals surface area contributed by atoms with Crippen molar-refractivity contribution in [1.29, 1.82) is 0 Å². The fourth-order valence-electron chi connectivity index (χ4n) is 1.98. The summed E-state index contributed by atoms with van der Waals surface area (Å²) >= 11 is 0. The van der Waals surface area contributed by atoms with Crippen LogP contribution in [0.4, 0.5) is 4.39 Å². The van der Waals surface area contributed by atoms with Gasteiger partial charge in [0.05, 0.1) is 0 Å². The Bertz CT molecular complexity index is 342. The van der Waals surface area contributed by atoms with Crippen LogP contribution < -0.4 is 0 Å². The van der Waals surface area contributed by atoms with Crippen molar-refractivity contribution < 1.29 is 9.18 Å². The number of nitrogens with zero attached hydrogens (tertiary/aromatic N) is 1. The van der Waals surface area contributed by atoms with Crippen LogP contribution in [0.5, 0.6) is 0 Å². The van der Waals surface area contributed by atoms with Gasteiger partial charge >= 0.3 is 0 Å². The lowest BCUT2D eigenvalue weighted by molar-refractivity contribution is -0.121. The Morgan fingerprint density at radius 1 is 1.19 bits per heavy atom. The predicted molar refractivity (Wildman–Crippen MR) is 61.0 cm³/mol. The first-order valence-electron chi connectivity index (χ1n) is 5.69. The molecule has 1 atom stereocenters. The highest BCUT2D eigenvalue weighted by atomic mass is 19.1. The first kappa shape index (κ1) is 11.3. The third-order valence-corrected chi connectivity index (χ3v) is 2.99. The quantitative estimate of drug-likeness (QED) is 0.781. The molecule has 0 spiro atoms. The van der Waals surface area contributed by atoms with E-state index in [0.717, 1.165) is 5.56 Å². The number of alkyl halides is 1. The average Bonchev–Trinajstić information content (AvgIpc) is 2.33. The lowest BCUT2D eigenvalue weighted by Gasteiger charge is -2.27. The largest absolute Gasteiger partial charge is 0.300 e. The van der Waals surface area contributed by atoms with E-state index in [9.17, 15) is 9.18 Å². The monoisotopic (exact) mass is 221 g/mol. The van der Waals surface area contributed by atoms with Crippen LogP contribution in [0.25, 0.3) is 0 Å². The number of ketones is 1. The van der Waals surface area contributed by atoms with Gasteiger partial charge in [-0.05, 0) is 5.56 Å². The van der Waals surface area contributed by atoms with Crippen molar-refractivity contribution in [3.05, 3.63) is 35.9 Å².